The average molecular weight is 245 g/mol. The minimum absolute atomic E-state index is 0.0103. The summed E-state index contributed by atoms with van der Waals surface area (Å²) >= 11 is 0. The van der Waals surface area contributed by atoms with Gasteiger partial charge >= 0.3 is 0 Å². The summed E-state index contributed by atoms with van der Waals surface area (Å²) < 4.78 is 94.5. The van der Waals surface area contributed by atoms with Crippen LogP contribution in [0.1, 0.15) is 41.2 Å². The molecule has 1 aliphatic rings. The summed E-state index contributed by atoms with van der Waals surface area (Å²) in [6.45, 7) is -11.1. The third-order valence-electron chi connectivity index (χ3n) is 2.14. The van der Waals surface area contributed by atoms with Gasteiger partial charge in [-0.15, -0.1) is 0 Å². The molecule has 3 heteroatoms. The normalized spacial score (nSPS) is 29.4. The van der Waals surface area contributed by atoms with Crippen LogP contribution in [-0.4, -0.2) is 18.0 Å². The van der Waals surface area contributed by atoms with Crippen molar-refractivity contribution in [3.05, 3.63) is 29.8 Å². The zero-order valence-electron chi connectivity index (χ0n) is 19.8. The van der Waals surface area contributed by atoms with Crippen molar-refractivity contribution in [3.63, 3.8) is 0 Å². The van der Waals surface area contributed by atoms with E-state index in [4.69, 9.17) is 24.6 Å². The topological polar surface area (TPSA) is 38.7 Å². The molecule has 0 fully saturated rings. The van der Waals surface area contributed by atoms with Crippen molar-refractivity contribution in [2.24, 2.45) is 5.41 Å². The van der Waals surface area contributed by atoms with Crippen LogP contribution < -0.4 is 9.47 Å². The third-order valence-corrected chi connectivity index (χ3v) is 2.14. The van der Waals surface area contributed by atoms with Crippen LogP contribution in [0.5, 0.6) is 11.5 Å². The molecule has 0 amide bonds. The number of hydrogen-bond acceptors (Lipinski definition) is 3. The van der Waals surface area contributed by atoms with Gasteiger partial charge in [0.15, 0.2) is 11.5 Å². The van der Waals surface area contributed by atoms with Crippen molar-refractivity contribution in [1.29, 1.82) is 0 Å². The van der Waals surface area contributed by atoms with Crippen LogP contribution in [-0.2, 0) is 0 Å². The fraction of sp³-hybridized carbons (Fsp3) is 0.429. The fourth-order valence-electron chi connectivity index (χ4n) is 1.23. The van der Waals surface area contributed by atoms with E-state index in [1.165, 1.54) is 18.2 Å². The van der Waals surface area contributed by atoms with Gasteiger partial charge in [0, 0.05) is 12.3 Å². The Hall–Kier alpha value is -1.48. The van der Waals surface area contributed by atoms with Crippen LogP contribution in [0.2, 0.25) is 0 Å². The van der Waals surface area contributed by atoms with E-state index < -0.39 is 44.2 Å². The van der Waals surface area contributed by atoms with Gasteiger partial charge in [-0.1, -0.05) is 38.7 Å². The van der Waals surface area contributed by atoms with Crippen molar-refractivity contribution in [3.8, 4) is 11.5 Å². The zero-order valence-corrected chi connectivity index (χ0v) is 8.78. The van der Waals surface area contributed by atoms with Gasteiger partial charge in [0.2, 0.25) is 6.79 Å². The van der Waals surface area contributed by atoms with Gasteiger partial charge in [-0.05, 0) is 23.1 Å². The maximum absolute atomic E-state index is 10.6. The van der Waals surface area contributed by atoms with Gasteiger partial charge < -0.3 is 14.6 Å². The number of hydrogen-bond donors (Lipinski definition) is 1. The number of aliphatic hydroxyl groups excluding tert-OH is 1. The Kier molecular flexibility index (Phi) is 1.12. The highest BCUT2D eigenvalue weighted by Gasteiger charge is 2.19. The predicted molar refractivity (Wildman–Crippen MR) is 67.1 cm³/mol. The number of aliphatic hydroxyl groups is 1. The summed E-state index contributed by atoms with van der Waals surface area (Å²) in [6.07, 6.45) is -2.79. The average Bonchev–Trinajstić information content (AvgIpc) is 2.96. The van der Waals surface area contributed by atoms with E-state index in [0.29, 0.717) is 5.75 Å². The van der Waals surface area contributed by atoms with Gasteiger partial charge in [-0.2, -0.15) is 0 Å². The molecule has 0 saturated carbocycles. The maximum Gasteiger partial charge on any atom is 0.231 e. The summed E-state index contributed by atoms with van der Waals surface area (Å²) in [7, 11) is 0. The highest BCUT2D eigenvalue weighted by Crippen LogP contribution is 2.33. The molecule has 1 heterocycles. The molecule has 92 valence electrons. The molecule has 1 atom stereocenters. The third kappa shape index (κ3) is 2.80. The van der Waals surface area contributed by atoms with Crippen molar-refractivity contribution in [2.75, 3.05) is 6.79 Å². The van der Waals surface area contributed by atoms with E-state index in [-0.39, 0.29) is 18.1 Å². The lowest BCUT2D eigenvalue weighted by Gasteiger charge is -2.22. The van der Waals surface area contributed by atoms with Crippen molar-refractivity contribution in [2.45, 2.75) is 26.7 Å². The quantitative estimate of drug-likeness (QED) is 0.870. The van der Waals surface area contributed by atoms with Gasteiger partial charge in [0.05, 0.1) is 8.85 Å². The zero-order chi connectivity index (χ0) is 21.7. The van der Waals surface area contributed by atoms with Crippen LogP contribution in [0, 0.1) is 5.41 Å². The van der Waals surface area contributed by atoms with E-state index >= 15 is 0 Å². The highest BCUT2D eigenvalue weighted by molar-refractivity contribution is 5.56. The second-order valence-electron chi connectivity index (χ2n) is 3.55. The standard InChI is InChI=1S/C14H18O3/c1-14(2,3)13(15)7-5-10-4-6-11-12(8-10)17-9-16-11/h4-8,13,15H,9H2,1-3H3/b7-5+/i1D3,2D3,3D3,5D,7D. The largest absolute Gasteiger partial charge is 0.454 e. The molecule has 0 aliphatic carbocycles. The summed E-state index contributed by atoms with van der Waals surface area (Å²) in [5.74, 6) is 0.601. The van der Waals surface area contributed by atoms with E-state index in [2.05, 4.69) is 0 Å². The lowest BCUT2D eigenvalue weighted by Crippen LogP contribution is -2.23. The molecular formula is C14H18O3. The van der Waals surface area contributed by atoms with Crippen molar-refractivity contribution in [1.82, 2.24) is 0 Å². The number of rotatable bonds is 2. The molecular weight excluding hydrogens is 216 g/mol. The van der Waals surface area contributed by atoms with Crippen LogP contribution in [0.4, 0.5) is 0 Å². The molecule has 3 nitrogen and oxygen atoms in total. The van der Waals surface area contributed by atoms with Crippen molar-refractivity contribution < 1.29 is 29.7 Å². The van der Waals surface area contributed by atoms with E-state index in [0.717, 1.165) is 0 Å². The van der Waals surface area contributed by atoms with Crippen molar-refractivity contribution >= 4 is 6.05 Å². The van der Waals surface area contributed by atoms with Gasteiger partial charge in [0.1, 0.15) is 0 Å². The summed E-state index contributed by atoms with van der Waals surface area (Å²) in [4.78, 5) is 0. The van der Waals surface area contributed by atoms with Crippen LogP contribution >= 0.6 is 0 Å². The first-order chi connectivity index (χ1) is 12.6. The Morgan fingerprint density at radius 1 is 1.41 bits per heavy atom. The molecule has 2 rings (SSSR count). The van der Waals surface area contributed by atoms with Gasteiger partial charge in [-0.3, -0.25) is 0 Å². The Labute approximate surface area is 117 Å². The first-order valence-corrected chi connectivity index (χ1v) is 4.81. The minimum Gasteiger partial charge on any atom is -0.454 e. The second kappa shape index (κ2) is 4.41. The van der Waals surface area contributed by atoms with E-state index in [1.54, 1.807) is 0 Å². The van der Waals surface area contributed by atoms with Crippen LogP contribution in [0.25, 0.3) is 6.05 Å². The lowest BCUT2D eigenvalue weighted by molar-refractivity contribution is 0.106. The number of benzene rings is 1. The highest BCUT2D eigenvalue weighted by atomic mass is 16.7. The molecule has 0 bridgehead atoms. The minimum atomic E-state index is -3.69. The Balaban J connectivity index is 2.66. The van der Waals surface area contributed by atoms with Gasteiger partial charge in [-0.25, -0.2) is 0 Å². The summed E-state index contributed by atoms with van der Waals surface area (Å²) in [6, 6.07) is 2.12. The molecule has 0 radical (unpaired) electrons. The smallest absolute Gasteiger partial charge is 0.231 e. The van der Waals surface area contributed by atoms with Crippen LogP contribution in [0.15, 0.2) is 24.3 Å². The molecule has 1 aromatic carbocycles. The summed E-state index contributed by atoms with van der Waals surface area (Å²) in [5.41, 5.74) is -3.67. The predicted octanol–water partition coefficient (Wildman–Crippen LogP) is 2.84. The fourth-order valence-corrected chi connectivity index (χ4v) is 1.23. The SMILES string of the molecule is [2H]/C(=C(/[2H])C(O)C(C([2H])([2H])[2H])(C([2H])([2H])[2H])C([2H])([2H])[2H])c1ccc2c(c1)OCO2. The lowest BCUT2D eigenvalue weighted by atomic mass is 9.89. The van der Waals surface area contributed by atoms with Gasteiger partial charge in [0.25, 0.3) is 0 Å². The monoisotopic (exact) mass is 245 g/mol. The number of ether oxygens (including phenoxy) is 2. The Morgan fingerprint density at radius 3 is 2.94 bits per heavy atom. The van der Waals surface area contributed by atoms with E-state index in [9.17, 15) is 5.11 Å². The molecule has 0 saturated heterocycles. The molecule has 1 unspecified atom stereocenters. The Bertz CT molecular complexity index is 740. The molecule has 1 aliphatic heterocycles. The first kappa shape index (κ1) is 4.32. The van der Waals surface area contributed by atoms with E-state index in [1.807, 2.05) is 0 Å². The molecule has 17 heavy (non-hydrogen) atoms. The number of fused-ring (bicyclic) bond motifs is 1. The molecule has 1 aromatic rings. The molecule has 1 N–H and O–H groups in total. The molecule has 0 spiro atoms. The molecule has 0 aromatic heterocycles. The second-order valence-corrected chi connectivity index (χ2v) is 3.55. The summed E-state index contributed by atoms with van der Waals surface area (Å²) in [5, 5.41) is 10.6. The first-order valence-electron chi connectivity index (χ1n) is 10.3. The van der Waals surface area contributed by atoms with Crippen LogP contribution in [0.3, 0.4) is 0 Å². The maximum atomic E-state index is 10.6. The Morgan fingerprint density at radius 2 is 2.18 bits per heavy atom.